The molecule has 3 nitrogen and oxygen atoms in total. The highest BCUT2D eigenvalue weighted by Gasteiger charge is 2.12. The van der Waals surface area contributed by atoms with Gasteiger partial charge in [-0.25, -0.2) is 0 Å². The summed E-state index contributed by atoms with van der Waals surface area (Å²) in [5.74, 6) is 0. The predicted octanol–water partition coefficient (Wildman–Crippen LogP) is 1.83. The van der Waals surface area contributed by atoms with Gasteiger partial charge >= 0.3 is 0 Å². The number of halogens is 1. The van der Waals surface area contributed by atoms with Gasteiger partial charge in [0.05, 0.1) is 0 Å². The highest BCUT2D eigenvalue weighted by Crippen LogP contribution is 2.20. The van der Waals surface area contributed by atoms with Gasteiger partial charge in [0.15, 0.2) is 0 Å². The van der Waals surface area contributed by atoms with Crippen molar-refractivity contribution in [2.75, 3.05) is 0 Å². The van der Waals surface area contributed by atoms with Gasteiger partial charge in [0, 0.05) is 8.47 Å². The van der Waals surface area contributed by atoms with Crippen molar-refractivity contribution in [2.24, 2.45) is 0 Å². The Morgan fingerprint density at radius 2 is 2.00 bits per heavy atom. The molecular formula is C6H5IO3S2. The van der Waals surface area contributed by atoms with Crippen molar-refractivity contribution in [3.63, 3.8) is 0 Å². The fraction of sp³-hybridized carbons (Fsp3) is 0. The molecule has 0 bridgehead atoms. The molecule has 0 aliphatic rings. The molecule has 1 rings (SSSR count). The summed E-state index contributed by atoms with van der Waals surface area (Å²) in [6, 6.07) is 4.39. The van der Waals surface area contributed by atoms with Crippen LogP contribution in [0.1, 0.15) is 0 Å². The van der Waals surface area contributed by atoms with Gasteiger partial charge in [-0.05, 0) is 40.8 Å². The molecule has 0 amide bonds. The van der Waals surface area contributed by atoms with Gasteiger partial charge in [-0.1, -0.05) is 0 Å². The van der Waals surface area contributed by atoms with E-state index in [4.69, 9.17) is 4.55 Å². The Hall–Kier alpha value is 0.210. The van der Waals surface area contributed by atoms with Crippen LogP contribution in [0.4, 0.5) is 0 Å². The lowest BCUT2D eigenvalue weighted by atomic mass is 10.4. The van der Waals surface area contributed by atoms with Crippen LogP contribution in [0, 0.1) is 3.57 Å². The molecule has 0 aliphatic heterocycles. The third-order valence-corrected chi connectivity index (χ3v) is 3.64. The van der Waals surface area contributed by atoms with Crippen molar-refractivity contribution in [2.45, 2.75) is 9.79 Å². The van der Waals surface area contributed by atoms with E-state index in [9.17, 15) is 8.42 Å². The number of thiol groups is 1. The number of hydrogen-bond acceptors (Lipinski definition) is 3. The lowest BCUT2D eigenvalue weighted by Gasteiger charge is -2.00. The zero-order chi connectivity index (χ0) is 9.35. The molecule has 0 spiro atoms. The molecule has 0 aromatic heterocycles. The molecule has 0 fully saturated rings. The highest BCUT2D eigenvalue weighted by molar-refractivity contribution is 14.1. The normalized spacial score (nSPS) is 11.6. The van der Waals surface area contributed by atoms with E-state index in [0.717, 1.165) is 0 Å². The molecule has 0 unspecified atom stereocenters. The number of rotatable bonds is 1. The van der Waals surface area contributed by atoms with Gasteiger partial charge < -0.3 is 0 Å². The lowest BCUT2D eigenvalue weighted by Crippen LogP contribution is -2.00. The topological polar surface area (TPSA) is 54.4 Å². The van der Waals surface area contributed by atoms with Gasteiger partial charge in [0.25, 0.3) is 10.1 Å². The van der Waals surface area contributed by atoms with E-state index in [1.54, 1.807) is 6.07 Å². The smallest absolute Gasteiger partial charge is 0.282 e. The fourth-order valence-corrected chi connectivity index (χ4v) is 3.04. The molecule has 0 heterocycles. The summed E-state index contributed by atoms with van der Waals surface area (Å²) in [6.07, 6.45) is 0. The monoisotopic (exact) mass is 316 g/mol. The van der Waals surface area contributed by atoms with Gasteiger partial charge in [0.2, 0.25) is 0 Å². The summed E-state index contributed by atoms with van der Waals surface area (Å²) < 4.78 is 30.5. The number of benzene rings is 1. The third-order valence-electron chi connectivity index (χ3n) is 1.19. The standard InChI is InChI=1S/C6H5IO3S2/c7-5-3-4(11)1-2-6(5)12(8,9)10/h1-3,11H,(H,8,9,10). The van der Waals surface area contributed by atoms with Crippen LogP contribution in [0.3, 0.4) is 0 Å². The van der Waals surface area contributed by atoms with E-state index in [-0.39, 0.29) is 4.90 Å². The zero-order valence-corrected chi connectivity index (χ0v) is 9.60. The molecule has 12 heavy (non-hydrogen) atoms. The van der Waals surface area contributed by atoms with Crippen molar-refractivity contribution in [1.29, 1.82) is 0 Å². The van der Waals surface area contributed by atoms with Crippen molar-refractivity contribution >= 4 is 45.3 Å². The summed E-state index contributed by atoms with van der Waals surface area (Å²) in [5.41, 5.74) is 0. The first-order valence-electron chi connectivity index (χ1n) is 2.87. The van der Waals surface area contributed by atoms with Crippen LogP contribution < -0.4 is 0 Å². The lowest BCUT2D eigenvalue weighted by molar-refractivity contribution is 0.482. The van der Waals surface area contributed by atoms with Crippen LogP contribution in [0.25, 0.3) is 0 Å². The van der Waals surface area contributed by atoms with Crippen LogP contribution in [-0.2, 0) is 10.1 Å². The van der Waals surface area contributed by atoms with Crippen molar-refractivity contribution < 1.29 is 13.0 Å². The van der Waals surface area contributed by atoms with Crippen LogP contribution in [0.5, 0.6) is 0 Å². The highest BCUT2D eigenvalue weighted by atomic mass is 127. The second-order valence-electron chi connectivity index (χ2n) is 2.09. The molecule has 0 saturated heterocycles. The van der Waals surface area contributed by atoms with Crippen molar-refractivity contribution in [3.8, 4) is 0 Å². The van der Waals surface area contributed by atoms with Gasteiger partial charge in [-0.2, -0.15) is 8.42 Å². The minimum absolute atomic E-state index is 0.0825. The molecule has 6 heteroatoms. The first kappa shape index (κ1) is 10.3. The van der Waals surface area contributed by atoms with Crippen molar-refractivity contribution in [3.05, 3.63) is 21.8 Å². The summed E-state index contributed by atoms with van der Waals surface area (Å²) in [4.78, 5) is 0.577. The van der Waals surface area contributed by atoms with E-state index >= 15 is 0 Å². The molecule has 0 saturated carbocycles. The average molecular weight is 316 g/mol. The zero-order valence-electron chi connectivity index (χ0n) is 5.73. The second kappa shape index (κ2) is 3.52. The first-order chi connectivity index (χ1) is 5.41. The molecule has 1 N–H and O–H groups in total. The summed E-state index contributed by atoms with van der Waals surface area (Å²) in [7, 11) is -4.09. The van der Waals surface area contributed by atoms with E-state index in [1.165, 1.54) is 12.1 Å². The maximum absolute atomic E-state index is 10.7. The Bertz CT molecular complexity index is 399. The molecule has 0 radical (unpaired) electrons. The van der Waals surface area contributed by atoms with E-state index < -0.39 is 10.1 Å². The molecule has 0 aliphatic carbocycles. The van der Waals surface area contributed by atoms with Gasteiger partial charge in [-0.3, -0.25) is 4.55 Å². The van der Waals surface area contributed by atoms with E-state index in [2.05, 4.69) is 12.6 Å². The second-order valence-corrected chi connectivity index (χ2v) is 5.16. The SMILES string of the molecule is O=S(=O)(O)c1ccc(S)cc1I. The number of hydrogen-bond donors (Lipinski definition) is 2. The van der Waals surface area contributed by atoms with Crippen LogP contribution in [0.15, 0.2) is 28.0 Å². The summed E-state index contributed by atoms with van der Waals surface area (Å²) >= 11 is 5.84. The molecule has 0 atom stereocenters. The van der Waals surface area contributed by atoms with E-state index in [0.29, 0.717) is 8.47 Å². The van der Waals surface area contributed by atoms with Crippen molar-refractivity contribution in [1.82, 2.24) is 0 Å². The Kier molecular flexibility index (Phi) is 3.02. The maximum Gasteiger partial charge on any atom is 0.295 e. The van der Waals surface area contributed by atoms with E-state index in [1.807, 2.05) is 22.6 Å². The average Bonchev–Trinajstić information content (AvgIpc) is 1.83. The Morgan fingerprint density at radius 1 is 1.42 bits per heavy atom. The largest absolute Gasteiger partial charge is 0.295 e. The van der Waals surface area contributed by atoms with Crippen LogP contribution in [-0.4, -0.2) is 13.0 Å². The first-order valence-corrected chi connectivity index (χ1v) is 5.84. The molecule has 66 valence electrons. The molecular weight excluding hydrogens is 311 g/mol. The minimum Gasteiger partial charge on any atom is -0.282 e. The van der Waals surface area contributed by atoms with Crippen LogP contribution >= 0.6 is 35.2 Å². The molecule has 1 aromatic rings. The maximum atomic E-state index is 10.7. The Labute approximate surface area is 89.5 Å². The van der Waals surface area contributed by atoms with Gasteiger partial charge in [-0.15, -0.1) is 12.6 Å². The summed E-state index contributed by atoms with van der Waals surface area (Å²) in [6.45, 7) is 0. The fourth-order valence-electron chi connectivity index (χ4n) is 0.699. The van der Waals surface area contributed by atoms with Crippen LogP contribution in [0.2, 0.25) is 0 Å². The molecule has 1 aromatic carbocycles. The third kappa shape index (κ3) is 2.35. The summed E-state index contributed by atoms with van der Waals surface area (Å²) in [5, 5.41) is 0. The predicted molar refractivity (Wildman–Crippen MR) is 56.2 cm³/mol. The Morgan fingerprint density at radius 3 is 2.42 bits per heavy atom. The Balaban J connectivity index is 3.39. The minimum atomic E-state index is -4.09. The van der Waals surface area contributed by atoms with Gasteiger partial charge in [0.1, 0.15) is 4.90 Å². The quantitative estimate of drug-likeness (QED) is 0.472.